The Kier molecular flexibility index (Phi) is 1.40. The molecule has 11 heavy (non-hydrogen) atoms. The minimum Gasteiger partial charge on any atom is -0.260 e. The third-order valence-corrected chi connectivity index (χ3v) is 2.09. The maximum atomic E-state index is 5.84. The molecule has 0 aliphatic carbocycles. The zero-order valence-corrected chi connectivity index (χ0v) is 6.97. The lowest BCUT2D eigenvalue weighted by atomic mass is 10.2. The van der Waals surface area contributed by atoms with Crippen LogP contribution in [0.4, 0.5) is 0 Å². The third-order valence-electron chi connectivity index (χ3n) is 1.80. The molecule has 1 aromatic heterocycles. The Balaban J connectivity index is 2.86. The van der Waals surface area contributed by atoms with Gasteiger partial charge in [0, 0.05) is 23.4 Å². The van der Waals surface area contributed by atoms with Gasteiger partial charge in [-0.3, -0.25) is 4.09 Å². The highest BCUT2D eigenvalue weighted by Crippen LogP contribution is 2.17. The van der Waals surface area contributed by atoms with Crippen molar-refractivity contribution in [3.05, 3.63) is 36.0 Å². The van der Waals surface area contributed by atoms with Gasteiger partial charge in [-0.25, -0.2) is 0 Å². The van der Waals surface area contributed by atoms with Crippen LogP contribution in [0, 0.1) is 6.92 Å². The summed E-state index contributed by atoms with van der Waals surface area (Å²) >= 11 is 5.84. The Bertz CT molecular complexity index is 389. The number of hydrogen-bond acceptors (Lipinski definition) is 0. The highest BCUT2D eigenvalue weighted by Gasteiger charge is 1.96. The lowest BCUT2D eigenvalue weighted by Crippen LogP contribution is -1.76. The van der Waals surface area contributed by atoms with Gasteiger partial charge in [0.2, 0.25) is 0 Å². The Morgan fingerprint density at radius 1 is 1.27 bits per heavy atom. The molecule has 0 spiro atoms. The van der Waals surface area contributed by atoms with E-state index in [4.69, 9.17) is 11.8 Å². The maximum absolute atomic E-state index is 5.84. The molecule has 0 radical (unpaired) electrons. The van der Waals surface area contributed by atoms with Crippen molar-refractivity contribution in [2.45, 2.75) is 6.92 Å². The van der Waals surface area contributed by atoms with E-state index in [0.717, 1.165) is 5.52 Å². The SMILES string of the molecule is Cc1ccc2c(ccn2Cl)c1. The highest BCUT2D eigenvalue weighted by molar-refractivity contribution is 6.19. The topological polar surface area (TPSA) is 4.93 Å². The van der Waals surface area contributed by atoms with Crippen LogP contribution in [0.25, 0.3) is 10.9 Å². The van der Waals surface area contributed by atoms with Gasteiger partial charge in [-0.15, -0.1) is 0 Å². The quantitative estimate of drug-likeness (QED) is 0.566. The van der Waals surface area contributed by atoms with Crippen LogP contribution in [0.15, 0.2) is 30.5 Å². The summed E-state index contributed by atoms with van der Waals surface area (Å²) in [6, 6.07) is 8.21. The van der Waals surface area contributed by atoms with Crippen LogP contribution in [0.2, 0.25) is 0 Å². The molecule has 0 N–H and O–H groups in total. The minimum atomic E-state index is 1.07. The molecule has 2 aromatic rings. The van der Waals surface area contributed by atoms with Crippen LogP contribution in [0.1, 0.15) is 5.56 Å². The van der Waals surface area contributed by atoms with E-state index in [1.54, 1.807) is 4.09 Å². The molecule has 2 heteroatoms. The fourth-order valence-corrected chi connectivity index (χ4v) is 1.44. The Hall–Kier alpha value is -0.950. The van der Waals surface area contributed by atoms with Gasteiger partial charge in [0.25, 0.3) is 0 Å². The van der Waals surface area contributed by atoms with Gasteiger partial charge in [-0.05, 0) is 25.1 Å². The van der Waals surface area contributed by atoms with E-state index in [9.17, 15) is 0 Å². The summed E-state index contributed by atoms with van der Waals surface area (Å²) in [4.78, 5) is 0. The van der Waals surface area contributed by atoms with E-state index < -0.39 is 0 Å². The summed E-state index contributed by atoms with van der Waals surface area (Å²) in [6.45, 7) is 2.07. The predicted molar refractivity (Wildman–Crippen MR) is 47.9 cm³/mol. The molecule has 1 nitrogen and oxygen atoms in total. The average Bonchev–Trinajstić information content (AvgIpc) is 2.32. The second kappa shape index (κ2) is 2.28. The lowest BCUT2D eigenvalue weighted by molar-refractivity contribution is 1.32. The molecular formula is C9H8ClN. The number of halogens is 1. The second-order valence-corrected chi connectivity index (χ2v) is 3.05. The lowest BCUT2D eigenvalue weighted by Gasteiger charge is -1.93. The van der Waals surface area contributed by atoms with Crippen molar-refractivity contribution in [2.24, 2.45) is 0 Å². The fourth-order valence-electron chi connectivity index (χ4n) is 1.23. The van der Waals surface area contributed by atoms with Gasteiger partial charge >= 0.3 is 0 Å². The number of rotatable bonds is 0. The van der Waals surface area contributed by atoms with E-state index in [-0.39, 0.29) is 0 Å². The number of hydrogen-bond donors (Lipinski definition) is 0. The molecule has 0 aliphatic rings. The number of benzene rings is 1. The van der Waals surface area contributed by atoms with Crippen LogP contribution < -0.4 is 0 Å². The smallest absolute Gasteiger partial charge is 0.0647 e. The van der Waals surface area contributed by atoms with E-state index in [1.807, 2.05) is 18.3 Å². The molecule has 0 saturated heterocycles. The third kappa shape index (κ3) is 1.02. The second-order valence-electron chi connectivity index (χ2n) is 2.69. The van der Waals surface area contributed by atoms with Gasteiger partial charge in [-0.1, -0.05) is 11.6 Å². The number of fused-ring (bicyclic) bond motifs is 1. The monoisotopic (exact) mass is 165 g/mol. The Morgan fingerprint density at radius 2 is 2.09 bits per heavy atom. The molecule has 2 rings (SSSR count). The largest absolute Gasteiger partial charge is 0.260 e. The van der Waals surface area contributed by atoms with E-state index >= 15 is 0 Å². The first-order chi connectivity index (χ1) is 5.27. The van der Waals surface area contributed by atoms with Crippen molar-refractivity contribution < 1.29 is 0 Å². The van der Waals surface area contributed by atoms with Crippen LogP contribution in [-0.2, 0) is 0 Å². The first-order valence-corrected chi connectivity index (χ1v) is 3.85. The van der Waals surface area contributed by atoms with Gasteiger partial charge in [0.1, 0.15) is 0 Å². The van der Waals surface area contributed by atoms with E-state index in [2.05, 4.69) is 19.1 Å². The number of aromatic nitrogens is 1. The molecule has 1 heterocycles. The Morgan fingerprint density at radius 3 is 2.91 bits per heavy atom. The summed E-state index contributed by atoms with van der Waals surface area (Å²) < 4.78 is 1.61. The van der Waals surface area contributed by atoms with Gasteiger partial charge in [-0.2, -0.15) is 0 Å². The van der Waals surface area contributed by atoms with E-state index in [0.29, 0.717) is 0 Å². The summed E-state index contributed by atoms with van der Waals surface area (Å²) in [5.74, 6) is 0. The van der Waals surface area contributed by atoms with Crippen molar-refractivity contribution >= 4 is 22.7 Å². The molecule has 0 bridgehead atoms. The molecule has 56 valence electrons. The van der Waals surface area contributed by atoms with Gasteiger partial charge < -0.3 is 0 Å². The van der Waals surface area contributed by atoms with Gasteiger partial charge in [0.15, 0.2) is 0 Å². The van der Waals surface area contributed by atoms with Crippen LogP contribution in [0.3, 0.4) is 0 Å². The normalized spacial score (nSPS) is 10.7. The first kappa shape index (κ1) is 6.74. The molecule has 0 fully saturated rings. The van der Waals surface area contributed by atoms with E-state index in [1.165, 1.54) is 10.9 Å². The van der Waals surface area contributed by atoms with Crippen LogP contribution in [0.5, 0.6) is 0 Å². The summed E-state index contributed by atoms with van der Waals surface area (Å²) in [6.07, 6.45) is 1.85. The predicted octanol–water partition coefficient (Wildman–Crippen LogP) is 2.95. The molecule has 0 amide bonds. The van der Waals surface area contributed by atoms with Crippen molar-refractivity contribution in [2.75, 3.05) is 0 Å². The maximum Gasteiger partial charge on any atom is 0.0647 e. The van der Waals surface area contributed by atoms with Crippen molar-refractivity contribution in [1.82, 2.24) is 4.09 Å². The van der Waals surface area contributed by atoms with Crippen molar-refractivity contribution in [3.8, 4) is 0 Å². The molecule has 0 saturated carbocycles. The number of aryl methyl sites for hydroxylation is 1. The molecule has 0 atom stereocenters. The summed E-state index contributed by atoms with van der Waals surface area (Å²) in [7, 11) is 0. The summed E-state index contributed by atoms with van der Waals surface area (Å²) in [5.41, 5.74) is 2.33. The van der Waals surface area contributed by atoms with Crippen LogP contribution >= 0.6 is 11.8 Å². The zero-order chi connectivity index (χ0) is 7.84. The first-order valence-electron chi connectivity index (χ1n) is 3.51. The molecular weight excluding hydrogens is 158 g/mol. The minimum absolute atomic E-state index is 1.07. The zero-order valence-electron chi connectivity index (χ0n) is 6.21. The highest BCUT2D eigenvalue weighted by atomic mass is 35.5. The molecule has 0 unspecified atom stereocenters. The van der Waals surface area contributed by atoms with Gasteiger partial charge in [0.05, 0.1) is 5.52 Å². The fraction of sp³-hybridized carbons (Fsp3) is 0.111. The average molecular weight is 166 g/mol. The standard InChI is InChI=1S/C9H8ClN/c1-7-2-3-9-8(6-7)4-5-11(9)10/h2-6H,1H3. The van der Waals surface area contributed by atoms with Crippen molar-refractivity contribution in [3.63, 3.8) is 0 Å². The molecule has 0 aliphatic heterocycles. The Labute approximate surface area is 70.3 Å². The number of nitrogens with zero attached hydrogens (tertiary/aromatic N) is 1. The van der Waals surface area contributed by atoms with Crippen molar-refractivity contribution in [1.29, 1.82) is 0 Å². The summed E-state index contributed by atoms with van der Waals surface area (Å²) in [5, 5.41) is 1.19. The van der Waals surface area contributed by atoms with Crippen LogP contribution in [-0.4, -0.2) is 4.09 Å². The molecule has 1 aromatic carbocycles.